The van der Waals surface area contributed by atoms with Crippen molar-refractivity contribution in [3.8, 4) is 0 Å². The summed E-state index contributed by atoms with van der Waals surface area (Å²) >= 11 is 0. The molecule has 0 saturated heterocycles. The van der Waals surface area contributed by atoms with Crippen molar-refractivity contribution in [1.29, 1.82) is 0 Å². The summed E-state index contributed by atoms with van der Waals surface area (Å²) in [5, 5.41) is 6.46. The van der Waals surface area contributed by atoms with E-state index in [1.54, 1.807) is 0 Å². The molecule has 3 heteroatoms. The Bertz CT molecular complexity index is 233. The minimum atomic E-state index is -0.113. The van der Waals surface area contributed by atoms with Crippen LogP contribution < -0.4 is 10.6 Å². The summed E-state index contributed by atoms with van der Waals surface area (Å²) in [6.07, 6.45) is 4.50. The Hall–Kier alpha value is -0.570. The largest absolute Gasteiger partial charge is 0.351 e. The number of carbonyl (C=O) groups excluding carboxylic acids is 1. The zero-order valence-electron chi connectivity index (χ0n) is 11.1. The molecule has 1 amide bonds. The molecule has 0 radical (unpaired) electrons. The first-order valence-electron chi connectivity index (χ1n) is 6.43. The van der Waals surface area contributed by atoms with Gasteiger partial charge < -0.3 is 10.6 Å². The average Bonchev–Trinajstić information content (AvgIpc) is 2.48. The van der Waals surface area contributed by atoms with Crippen molar-refractivity contribution in [3.05, 3.63) is 0 Å². The maximum absolute atomic E-state index is 11.6. The van der Waals surface area contributed by atoms with Gasteiger partial charge in [0.15, 0.2) is 0 Å². The van der Waals surface area contributed by atoms with Gasteiger partial charge in [-0.05, 0) is 39.5 Å². The van der Waals surface area contributed by atoms with Gasteiger partial charge in [-0.25, -0.2) is 0 Å². The summed E-state index contributed by atoms with van der Waals surface area (Å²) in [7, 11) is 0. The highest BCUT2D eigenvalue weighted by molar-refractivity contribution is 5.76. The van der Waals surface area contributed by atoms with Crippen LogP contribution in [0.25, 0.3) is 0 Å². The molecule has 16 heavy (non-hydrogen) atoms. The minimum absolute atomic E-state index is 0.113. The molecule has 2 N–H and O–H groups in total. The minimum Gasteiger partial charge on any atom is -0.351 e. The maximum Gasteiger partial charge on any atom is 0.221 e. The van der Waals surface area contributed by atoms with E-state index in [2.05, 4.69) is 17.6 Å². The van der Waals surface area contributed by atoms with Gasteiger partial charge in [-0.3, -0.25) is 4.79 Å². The van der Waals surface area contributed by atoms with Gasteiger partial charge in [0.2, 0.25) is 5.91 Å². The molecule has 2 atom stereocenters. The van der Waals surface area contributed by atoms with Crippen molar-refractivity contribution in [3.63, 3.8) is 0 Å². The molecule has 3 nitrogen and oxygen atoms in total. The monoisotopic (exact) mass is 226 g/mol. The highest BCUT2D eigenvalue weighted by Crippen LogP contribution is 2.24. The Morgan fingerprint density at radius 2 is 2.00 bits per heavy atom. The van der Waals surface area contributed by atoms with Crippen LogP contribution >= 0.6 is 0 Å². The van der Waals surface area contributed by atoms with Crippen LogP contribution in [0.15, 0.2) is 0 Å². The van der Waals surface area contributed by atoms with E-state index < -0.39 is 0 Å². The molecule has 1 aliphatic carbocycles. The fraction of sp³-hybridized carbons (Fsp3) is 0.923. The Labute approximate surface area is 99.4 Å². The van der Waals surface area contributed by atoms with Crippen LogP contribution in [0, 0.1) is 5.92 Å². The molecule has 0 bridgehead atoms. The maximum atomic E-state index is 11.6. The van der Waals surface area contributed by atoms with Gasteiger partial charge in [-0.15, -0.1) is 0 Å². The third-order valence-electron chi connectivity index (χ3n) is 3.13. The Morgan fingerprint density at radius 1 is 1.31 bits per heavy atom. The van der Waals surface area contributed by atoms with Crippen LogP contribution in [-0.4, -0.2) is 24.0 Å². The van der Waals surface area contributed by atoms with Crippen LogP contribution in [0.2, 0.25) is 0 Å². The predicted molar refractivity (Wildman–Crippen MR) is 67.3 cm³/mol. The van der Waals surface area contributed by atoms with Gasteiger partial charge in [0, 0.05) is 24.5 Å². The van der Waals surface area contributed by atoms with Gasteiger partial charge in [0.25, 0.3) is 0 Å². The number of rotatable bonds is 4. The molecule has 0 aromatic heterocycles. The first-order chi connectivity index (χ1) is 7.38. The van der Waals surface area contributed by atoms with Crippen LogP contribution in [0.1, 0.15) is 53.4 Å². The first-order valence-corrected chi connectivity index (χ1v) is 6.43. The molecule has 0 aromatic carbocycles. The smallest absolute Gasteiger partial charge is 0.221 e. The Balaban J connectivity index is 2.13. The third kappa shape index (κ3) is 4.97. The Kier molecular flexibility index (Phi) is 4.78. The van der Waals surface area contributed by atoms with Gasteiger partial charge in [-0.1, -0.05) is 13.3 Å². The fourth-order valence-corrected chi connectivity index (χ4v) is 2.30. The fourth-order valence-electron chi connectivity index (χ4n) is 2.30. The molecule has 0 heterocycles. The summed E-state index contributed by atoms with van der Waals surface area (Å²) in [5.41, 5.74) is -0.113. The van der Waals surface area contributed by atoms with E-state index in [9.17, 15) is 4.79 Å². The first kappa shape index (κ1) is 13.5. The molecular weight excluding hydrogens is 200 g/mol. The molecule has 1 rings (SSSR count). The molecule has 0 spiro atoms. The van der Waals surface area contributed by atoms with E-state index in [1.807, 2.05) is 20.8 Å². The van der Waals surface area contributed by atoms with Gasteiger partial charge >= 0.3 is 0 Å². The zero-order chi connectivity index (χ0) is 12.2. The highest BCUT2D eigenvalue weighted by atomic mass is 16.1. The summed E-state index contributed by atoms with van der Waals surface area (Å²) in [5.74, 6) is 0.913. The van der Waals surface area contributed by atoms with Crippen molar-refractivity contribution in [2.24, 2.45) is 5.92 Å². The summed E-state index contributed by atoms with van der Waals surface area (Å²) in [6, 6.07) is 0.627. The van der Waals surface area contributed by atoms with E-state index in [0.29, 0.717) is 12.5 Å². The SMILES string of the molecule is CC1CCCC1NCCC(=O)NC(C)(C)C. The topological polar surface area (TPSA) is 41.1 Å². The van der Waals surface area contributed by atoms with Crippen molar-refractivity contribution in [2.45, 2.75) is 65.0 Å². The number of hydrogen-bond acceptors (Lipinski definition) is 2. The number of hydrogen-bond donors (Lipinski definition) is 2. The van der Waals surface area contributed by atoms with Crippen molar-refractivity contribution in [2.75, 3.05) is 6.54 Å². The standard InChI is InChI=1S/C13H26N2O/c1-10-6-5-7-11(10)14-9-8-12(16)15-13(2,3)4/h10-11,14H,5-9H2,1-4H3,(H,15,16). The van der Waals surface area contributed by atoms with Crippen LogP contribution in [0.5, 0.6) is 0 Å². The zero-order valence-corrected chi connectivity index (χ0v) is 11.1. The second-order valence-electron chi connectivity index (χ2n) is 6.02. The highest BCUT2D eigenvalue weighted by Gasteiger charge is 2.22. The molecule has 1 aliphatic rings. The van der Waals surface area contributed by atoms with Crippen LogP contribution in [0.3, 0.4) is 0 Å². The van der Waals surface area contributed by atoms with Gasteiger partial charge in [0.1, 0.15) is 0 Å². The molecule has 2 unspecified atom stereocenters. The normalized spacial score (nSPS) is 25.8. The van der Waals surface area contributed by atoms with Crippen LogP contribution in [-0.2, 0) is 4.79 Å². The summed E-state index contributed by atoms with van der Waals surface area (Å²) in [6.45, 7) is 9.13. The lowest BCUT2D eigenvalue weighted by Gasteiger charge is -2.21. The van der Waals surface area contributed by atoms with Crippen LogP contribution in [0.4, 0.5) is 0 Å². The van der Waals surface area contributed by atoms with E-state index in [-0.39, 0.29) is 11.4 Å². The van der Waals surface area contributed by atoms with E-state index in [4.69, 9.17) is 0 Å². The number of amides is 1. The van der Waals surface area contributed by atoms with Crippen molar-refractivity contribution < 1.29 is 4.79 Å². The van der Waals surface area contributed by atoms with E-state index in [1.165, 1.54) is 19.3 Å². The van der Waals surface area contributed by atoms with E-state index >= 15 is 0 Å². The third-order valence-corrected chi connectivity index (χ3v) is 3.13. The van der Waals surface area contributed by atoms with Crippen molar-refractivity contribution >= 4 is 5.91 Å². The molecular formula is C13H26N2O. The lowest BCUT2D eigenvalue weighted by molar-refractivity contribution is -0.122. The van der Waals surface area contributed by atoms with Gasteiger partial charge in [-0.2, -0.15) is 0 Å². The summed E-state index contributed by atoms with van der Waals surface area (Å²) in [4.78, 5) is 11.6. The predicted octanol–water partition coefficient (Wildman–Crippen LogP) is 2.07. The Morgan fingerprint density at radius 3 is 2.50 bits per heavy atom. The summed E-state index contributed by atoms with van der Waals surface area (Å²) < 4.78 is 0. The van der Waals surface area contributed by atoms with E-state index in [0.717, 1.165) is 12.5 Å². The lowest BCUT2D eigenvalue weighted by Crippen LogP contribution is -2.42. The number of nitrogens with one attached hydrogen (secondary N) is 2. The molecule has 1 saturated carbocycles. The lowest BCUT2D eigenvalue weighted by atomic mass is 10.1. The second kappa shape index (κ2) is 5.67. The molecule has 94 valence electrons. The molecule has 1 fully saturated rings. The quantitative estimate of drug-likeness (QED) is 0.770. The van der Waals surface area contributed by atoms with Gasteiger partial charge in [0.05, 0.1) is 0 Å². The average molecular weight is 226 g/mol. The second-order valence-corrected chi connectivity index (χ2v) is 6.02. The molecule has 0 aromatic rings. The van der Waals surface area contributed by atoms with Crippen molar-refractivity contribution in [1.82, 2.24) is 10.6 Å². The number of carbonyl (C=O) groups is 1. The molecule has 0 aliphatic heterocycles.